The number of likely N-dealkylation sites (N-methyl/N-ethyl adjacent to an activating group) is 1. The van der Waals surface area contributed by atoms with Crippen molar-refractivity contribution in [3.63, 3.8) is 0 Å². The largest absolute Gasteiger partial charge is 0.346 e. The molecule has 1 atom stereocenters. The van der Waals surface area contributed by atoms with Crippen molar-refractivity contribution in [1.82, 2.24) is 9.88 Å². The fraction of sp³-hybridized carbons (Fsp3) is 0.438. The molecule has 3 rings (SSSR count). The lowest BCUT2D eigenvalue weighted by atomic mass is 10.1. The van der Waals surface area contributed by atoms with E-state index < -0.39 is 0 Å². The van der Waals surface area contributed by atoms with Gasteiger partial charge in [-0.2, -0.15) is 0 Å². The minimum absolute atomic E-state index is 0.110. The van der Waals surface area contributed by atoms with Gasteiger partial charge < -0.3 is 9.88 Å². The van der Waals surface area contributed by atoms with E-state index in [1.165, 1.54) is 12.8 Å². The maximum Gasteiger partial charge on any atom is 0.189 e. The Labute approximate surface area is 113 Å². The fourth-order valence-corrected chi connectivity index (χ4v) is 2.77. The van der Waals surface area contributed by atoms with Crippen LogP contribution in [0.25, 0.3) is 10.9 Å². The van der Waals surface area contributed by atoms with Gasteiger partial charge in [-0.05, 0) is 37.4 Å². The molecule has 1 unspecified atom stereocenters. The molecular weight excluding hydrogens is 236 g/mol. The van der Waals surface area contributed by atoms with Crippen molar-refractivity contribution in [3.8, 4) is 0 Å². The zero-order valence-electron chi connectivity index (χ0n) is 11.3. The molecule has 1 heterocycles. The minimum atomic E-state index is 0.110. The Hall–Kier alpha value is -1.61. The van der Waals surface area contributed by atoms with E-state index in [-0.39, 0.29) is 5.43 Å². The van der Waals surface area contributed by atoms with Crippen molar-refractivity contribution in [2.24, 2.45) is 5.92 Å². The second-order valence-electron chi connectivity index (χ2n) is 5.35. The molecule has 1 aromatic carbocycles. The molecule has 1 fully saturated rings. The van der Waals surface area contributed by atoms with Crippen LogP contribution in [0.15, 0.2) is 41.3 Å². The summed E-state index contributed by atoms with van der Waals surface area (Å²) >= 11 is 0. The Morgan fingerprint density at radius 2 is 2.11 bits per heavy atom. The van der Waals surface area contributed by atoms with Gasteiger partial charge in [0.25, 0.3) is 0 Å². The first-order valence-electron chi connectivity index (χ1n) is 7.11. The number of hydrogen-bond donors (Lipinski definition) is 1. The molecular formula is C16H20N2O. The third-order valence-electron chi connectivity index (χ3n) is 3.94. The normalized spacial score (nSPS) is 16.7. The van der Waals surface area contributed by atoms with E-state index in [0.717, 1.165) is 29.9 Å². The molecule has 3 heteroatoms. The highest BCUT2D eigenvalue weighted by molar-refractivity contribution is 5.78. The molecule has 19 heavy (non-hydrogen) atoms. The average Bonchev–Trinajstić information content (AvgIpc) is 3.26. The quantitative estimate of drug-likeness (QED) is 0.891. The van der Waals surface area contributed by atoms with Gasteiger partial charge in [-0.25, -0.2) is 0 Å². The highest BCUT2D eigenvalue weighted by atomic mass is 16.1. The summed E-state index contributed by atoms with van der Waals surface area (Å²) < 4.78 is 2.21. The van der Waals surface area contributed by atoms with Gasteiger partial charge in [0.1, 0.15) is 0 Å². The van der Waals surface area contributed by atoms with Gasteiger partial charge in [0.05, 0.1) is 5.52 Å². The number of fused-ring (bicyclic) bond motifs is 1. The van der Waals surface area contributed by atoms with Gasteiger partial charge in [0.15, 0.2) is 5.43 Å². The molecule has 0 spiro atoms. The number of hydrogen-bond acceptors (Lipinski definition) is 2. The smallest absolute Gasteiger partial charge is 0.189 e. The second-order valence-corrected chi connectivity index (χ2v) is 5.35. The van der Waals surface area contributed by atoms with Gasteiger partial charge in [-0.1, -0.05) is 19.1 Å². The first-order chi connectivity index (χ1) is 9.29. The van der Waals surface area contributed by atoms with Crippen LogP contribution >= 0.6 is 0 Å². The molecule has 2 aromatic rings. The van der Waals surface area contributed by atoms with Crippen LogP contribution in [0.3, 0.4) is 0 Å². The molecule has 0 aliphatic heterocycles. The van der Waals surface area contributed by atoms with Crippen LogP contribution in [0.5, 0.6) is 0 Å². The Balaban J connectivity index is 1.96. The van der Waals surface area contributed by atoms with Crippen LogP contribution in [0, 0.1) is 5.92 Å². The van der Waals surface area contributed by atoms with Crippen molar-refractivity contribution in [2.75, 3.05) is 6.54 Å². The molecule has 0 amide bonds. The van der Waals surface area contributed by atoms with Crippen LogP contribution in [0.4, 0.5) is 0 Å². The number of nitrogens with zero attached hydrogens (tertiary/aromatic N) is 1. The van der Waals surface area contributed by atoms with Crippen molar-refractivity contribution < 1.29 is 0 Å². The minimum Gasteiger partial charge on any atom is -0.346 e. The van der Waals surface area contributed by atoms with Gasteiger partial charge in [0, 0.05) is 30.2 Å². The maximum absolute atomic E-state index is 11.9. The predicted octanol–water partition coefficient (Wildman–Crippen LogP) is 2.39. The number of benzene rings is 1. The van der Waals surface area contributed by atoms with Crippen molar-refractivity contribution >= 4 is 10.9 Å². The van der Waals surface area contributed by atoms with E-state index in [1.807, 2.05) is 30.5 Å². The Kier molecular flexibility index (Phi) is 3.38. The molecule has 1 aromatic heterocycles. The molecule has 0 bridgehead atoms. The molecule has 1 N–H and O–H groups in total. The molecule has 1 aliphatic rings. The van der Waals surface area contributed by atoms with Crippen LogP contribution in [0.2, 0.25) is 0 Å². The second kappa shape index (κ2) is 5.17. The van der Waals surface area contributed by atoms with E-state index in [2.05, 4.69) is 16.8 Å². The Morgan fingerprint density at radius 1 is 1.32 bits per heavy atom. The van der Waals surface area contributed by atoms with Crippen LogP contribution in [-0.4, -0.2) is 17.2 Å². The molecule has 1 aliphatic carbocycles. The number of para-hydroxylation sites is 1. The van der Waals surface area contributed by atoms with E-state index in [9.17, 15) is 4.79 Å². The number of rotatable bonds is 5. The summed E-state index contributed by atoms with van der Waals surface area (Å²) in [6, 6.07) is 10.1. The summed E-state index contributed by atoms with van der Waals surface area (Å²) in [6.45, 7) is 4.09. The van der Waals surface area contributed by atoms with Crippen LogP contribution in [-0.2, 0) is 6.54 Å². The number of aromatic nitrogens is 1. The van der Waals surface area contributed by atoms with Gasteiger partial charge >= 0.3 is 0 Å². The van der Waals surface area contributed by atoms with E-state index in [1.54, 1.807) is 6.07 Å². The number of pyridine rings is 1. The van der Waals surface area contributed by atoms with E-state index in [4.69, 9.17) is 0 Å². The summed E-state index contributed by atoms with van der Waals surface area (Å²) in [4.78, 5) is 11.9. The first kappa shape index (κ1) is 12.4. The molecule has 0 radical (unpaired) electrons. The summed E-state index contributed by atoms with van der Waals surface area (Å²) in [5.74, 6) is 0.804. The standard InChI is InChI=1S/C16H20N2O/c1-2-17-14(12-7-8-12)11-18-10-9-16(19)13-5-3-4-6-15(13)18/h3-6,9-10,12,14,17H,2,7-8,11H2,1H3. The summed E-state index contributed by atoms with van der Waals surface area (Å²) in [5.41, 5.74) is 1.15. The Bertz CT molecular complexity index is 628. The van der Waals surface area contributed by atoms with Gasteiger partial charge in [-0.3, -0.25) is 4.79 Å². The lowest BCUT2D eigenvalue weighted by Crippen LogP contribution is -2.35. The SMILES string of the molecule is CCNC(Cn1ccc(=O)c2ccccc21)C1CC1. The third kappa shape index (κ3) is 2.56. The summed E-state index contributed by atoms with van der Waals surface area (Å²) in [5, 5.41) is 4.39. The molecule has 100 valence electrons. The topological polar surface area (TPSA) is 34.0 Å². The van der Waals surface area contributed by atoms with Gasteiger partial charge in [0.2, 0.25) is 0 Å². The third-order valence-corrected chi connectivity index (χ3v) is 3.94. The first-order valence-corrected chi connectivity index (χ1v) is 7.11. The molecule has 1 saturated carbocycles. The van der Waals surface area contributed by atoms with Crippen molar-refractivity contribution in [3.05, 3.63) is 46.8 Å². The van der Waals surface area contributed by atoms with Crippen molar-refractivity contribution in [2.45, 2.75) is 32.4 Å². The Morgan fingerprint density at radius 3 is 2.84 bits per heavy atom. The fourth-order valence-electron chi connectivity index (χ4n) is 2.77. The summed E-state index contributed by atoms with van der Waals surface area (Å²) in [7, 11) is 0. The zero-order chi connectivity index (χ0) is 13.2. The zero-order valence-corrected chi connectivity index (χ0v) is 11.3. The van der Waals surface area contributed by atoms with Crippen molar-refractivity contribution in [1.29, 1.82) is 0 Å². The molecule has 3 nitrogen and oxygen atoms in total. The van der Waals surface area contributed by atoms with Crippen LogP contribution in [0.1, 0.15) is 19.8 Å². The maximum atomic E-state index is 11.9. The monoisotopic (exact) mass is 256 g/mol. The van der Waals surface area contributed by atoms with E-state index in [0.29, 0.717) is 6.04 Å². The van der Waals surface area contributed by atoms with E-state index >= 15 is 0 Å². The predicted molar refractivity (Wildman–Crippen MR) is 78.4 cm³/mol. The average molecular weight is 256 g/mol. The van der Waals surface area contributed by atoms with Gasteiger partial charge in [-0.15, -0.1) is 0 Å². The highest BCUT2D eigenvalue weighted by Crippen LogP contribution is 2.33. The lowest BCUT2D eigenvalue weighted by molar-refractivity contribution is 0.420. The highest BCUT2D eigenvalue weighted by Gasteiger charge is 2.30. The molecule has 0 saturated heterocycles. The number of nitrogens with one attached hydrogen (secondary N) is 1. The lowest BCUT2D eigenvalue weighted by Gasteiger charge is -2.20. The van der Waals surface area contributed by atoms with Crippen LogP contribution < -0.4 is 10.7 Å². The summed E-state index contributed by atoms with van der Waals surface area (Å²) in [6.07, 6.45) is 4.59.